The second-order valence-corrected chi connectivity index (χ2v) is 4.56. The van der Waals surface area contributed by atoms with Gasteiger partial charge in [0.2, 0.25) is 0 Å². The molecule has 0 aliphatic carbocycles. The van der Waals surface area contributed by atoms with Crippen molar-refractivity contribution in [2.24, 2.45) is 0 Å². The number of hydrogen-bond donors (Lipinski definition) is 0. The van der Waals surface area contributed by atoms with Crippen LogP contribution in [0.3, 0.4) is 0 Å². The summed E-state index contributed by atoms with van der Waals surface area (Å²) in [7, 11) is -0.709. The van der Waals surface area contributed by atoms with Crippen LogP contribution in [0, 0.1) is 0 Å². The fraction of sp³-hybridized carbons (Fsp3) is 0.667. The zero-order valence-electron chi connectivity index (χ0n) is 9.75. The van der Waals surface area contributed by atoms with E-state index in [4.69, 9.17) is 8.85 Å². The van der Waals surface area contributed by atoms with E-state index in [0.717, 1.165) is 38.9 Å². The third-order valence-electron chi connectivity index (χ3n) is 2.06. The minimum absolute atomic E-state index is 0.709. The zero-order valence-corrected chi connectivity index (χ0v) is 11.2. The molecule has 0 aromatic heterocycles. The quantitative estimate of drug-likeness (QED) is 0.290. The van der Waals surface area contributed by atoms with E-state index in [0.29, 0.717) is 0 Å². The van der Waals surface area contributed by atoms with Crippen LogP contribution >= 0.6 is 0 Å². The maximum atomic E-state index is 5.45. The first-order valence-corrected chi connectivity index (χ1v) is 6.94. The van der Waals surface area contributed by atoms with E-state index in [1.807, 2.05) is 12.2 Å². The third-order valence-corrected chi connectivity index (χ3v) is 2.97. The van der Waals surface area contributed by atoms with Crippen LogP contribution in [0.4, 0.5) is 0 Å². The Labute approximate surface area is 96.4 Å². The van der Waals surface area contributed by atoms with Gasteiger partial charge in [0.1, 0.15) is 0 Å². The highest BCUT2D eigenvalue weighted by Crippen LogP contribution is 1.97. The molecule has 0 aromatic rings. The summed E-state index contributed by atoms with van der Waals surface area (Å²) in [5, 5.41) is 0. The highest BCUT2D eigenvalue weighted by molar-refractivity contribution is 6.17. The fourth-order valence-electron chi connectivity index (χ4n) is 1.16. The van der Waals surface area contributed by atoms with Crippen molar-refractivity contribution in [1.29, 1.82) is 0 Å². The number of hydrogen-bond acceptors (Lipinski definition) is 2. The molecule has 0 aliphatic rings. The molecular weight excluding hydrogens is 204 g/mol. The van der Waals surface area contributed by atoms with Gasteiger partial charge in [0.25, 0.3) is 0 Å². The summed E-state index contributed by atoms with van der Waals surface area (Å²) in [5.74, 6) is 0. The lowest BCUT2D eigenvalue weighted by molar-refractivity contribution is 0.215. The van der Waals surface area contributed by atoms with Gasteiger partial charge in [-0.15, -0.1) is 13.2 Å². The first-order chi connectivity index (χ1) is 7.41. The number of allylic oxidation sites excluding steroid dienone is 2. The molecule has 0 rings (SSSR count). The van der Waals surface area contributed by atoms with E-state index in [1.54, 1.807) is 0 Å². The Morgan fingerprint density at radius 1 is 0.800 bits per heavy atom. The van der Waals surface area contributed by atoms with Crippen molar-refractivity contribution in [3.8, 4) is 0 Å². The molecule has 0 N–H and O–H groups in total. The molecule has 0 radical (unpaired) electrons. The average molecular weight is 228 g/mol. The van der Waals surface area contributed by atoms with E-state index in [1.165, 1.54) is 12.8 Å². The van der Waals surface area contributed by atoms with Gasteiger partial charge in [0, 0.05) is 13.2 Å². The second kappa shape index (κ2) is 13.6. The van der Waals surface area contributed by atoms with Crippen molar-refractivity contribution in [2.75, 3.05) is 13.2 Å². The topological polar surface area (TPSA) is 18.5 Å². The van der Waals surface area contributed by atoms with Gasteiger partial charge in [-0.2, -0.15) is 0 Å². The SMILES string of the molecule is C=CCCCCO[SiH2]OCCCCC=C. The number of rotatable bonds is 12. The van der Waals surface area contributed by atoms with Crippen molar-refractivity contribution < 1.29 is 8.85 Å². The first kappa shape index (κ1) is 14.6. The van der Waals surface area contributed by atoms with Crippen LogP contribution in [0.15, 0.2) is 25.3 Å². The fourth-order valence-corrected chi connectivity index (χ4v) is 1.92. The molecule has 0 saturated heterocycles. The lowest BCUT2D eigenvalue weighted by atomic mass is 10.2. The predicted molar refractivity (Wildman–Crippen MR) is 68.5 cm³/mol. The minimum atomic E-state index is -0.709. The van der Waals surface area contributed by atoms with Crippen molar-refractivity contribution in [3.63, 3.8) is 0 Å². The maximum Gasteiger partial charge on any atom is 0.304 e. The Balaban J connectivity index is 2.86. The van der Waals surface area contributed by atoms with Crippen LogP contribution in [-0.2, 0) is 8.85 Å². The Morgan fingerprint density at radius 3 is 1.67 bits per heavy atom. The minimum Gasteiger partial charge on any atom is -0.399 e. The average Bonchev–Trinajstić information content (AvgIpc) is 2.26. The number of unbranched alkanes of at least 4 members (excludes halogenated alkanes) is 4. The summed E-state index contributed by atoms with van der Waals surface area (Å²) >= 11 is 0. The third kappa shape index (κ3) is 13.6. The van der Waals surface area contributed by atoms with Gasteiger partial charge in [-0.3, -0.25) is 0 Å². The van der Waals surface area contributed by atoms with Crippen LogP contribution in [0.2, 0.25) is 0 Å². The van der Waals surface area contributed by atoms with Gasteiger partial charge in [-0.1, -0.05) is 12.2 Å². The largest absolute Gasteiger partial charge is 0.399 e. The second-order valence-electron chi connectivity index (χ2n) is 3.50. The molecule has 88 valence electrons. The Hall–Kier alpha value is -0.383. The van der Waals surface area contributed by atoms with Crippen LogP contribution < -0.4 is 0 Å². The molecule has 3 heteroatoms. The monoisotopic (exact) mass is 228 g/mol. The molecular formula is C12H24O2Si. The van der Waals surface area contributed by atoms with Gasteiger partial charge in [-0.05, 0) is 38.5 Å². The molecule has 0 heterocycles. The van der Waals surface area contributed by atoms with Crippen LogP contribution in [-0.4, -0.2) is 23.2 Å². The summed E-state index contributed by atoms with van der Waals surface area (Å²) in [4.78, 5) is 0. The maximum absolute atomic E-state index is 5.45. The molecule has 0 atom stereocenters. The molecule has 15 heavy (non-hydrogen) atoms. The van der Waals surface area contributed by atoms with E-state index < -0.39 is 10.0 Å². The van der Waals surface area contributed by atoms with Gasteiger partial charge in [0.15, 0.2) is 0 Å². The lowest BCUT2D eigenvalue weighted by Crippen LogP contribution is -2.06. The molecule has 0 bridgehead atoms. The first-order valence-electron chi connectivity index (χ1n) is 5.79. The van der Waals surface area contributed by atoms with Crippen LogP contribution in [0.1, 0.15) is 38.5 Å². The molecule has 0 aliphatic heterocycles. The Morgan fingerprint density at radius 2 is 1.27 bits per heavy atom. The molecule has 0 unspecified atom stereocenters. The normalized spacial score (nSPS) is 10.1. The molecule has 0 fully saturated rings. The zero-order chi connectivity index (χ0) is 11.2. The highest BCUT2D eigenvalue weighted by Gasteiger charge is 1.91. The van der Waals surface area contributed by atoms with Crippen molar-refractivity contribution in [2.45, 2.75) is 38.5 Å². The molecule has 0 spiro atoms. The van der Waals surface area contributed by atoms with Crippen molar-refractivity contribution in [3.05, 3.63) is 25.3 Å². The van der Waals surface area contributed by atoms with Crippen molar-refractivity contribution >= 4 is 10.0 Å². The molecule has 0 amide bonds. The van der Waals surface area contributed by atoms with Crippen LogP contribution in [0.25, 0.3) is 0 Å². The molecule has 0 saturated carbocycles. The summed E-state index contributed by atoms with van der Waals surface area (Å²) in [6.45, 7) is 9.07. The van der Waals surface area contributed by atoms with E-state index in [2.05, 4.69) is 13.2 Å². The van der Waals surface area contributed by atoms with Gasteiger partial charge in [-0.25, -0.2) is 0 Å². The van der Waals surface area contributed by atoms with Crippen LogP contribution in [0.5, 0.6) is 0 Å². The molecule has 2 nitrogen and oxygen atoms in total. The van der Waals surface area contributed by atoms with Gasteiger partial charge >= 0.3 is 10.0 Å². The van der Waals surface area contributed by atoms with Gasteiger partial charge in [0.05, 0.1) is 0 Å². The van der Waals surface area contributed by atoms with E-state index in [-0.39, 0.29) is 0 Å². The van der Waals surface area contributed by atoms with E-state index in [9.17, 15) is 0 Å². The predicted octanol–water partition coefficient (Wildman–Crippen LogP) is 2.73. The Kier molecular flexibility index (Phi) is 13.3. The summed E-state index contributed by atoms with van der Waals surface area (Å²) in [6.07, 6.45) is 10.7. The van der Waals surface area contributed by atoms with Crippen molar-refractivity contribution in [1.82, 2.24) is 0 Å². The lowest BCUT2D eigenvalue weighted by Gasteiger charge is -2.04. The van der Waals surface area contributed by atoms with E-state index >= 15 is 0 Å². The van der Waals surface area contributed by atoms with Gasteiger partial charge < -0.3 is 8.85 Å². The smallest absolute Gasteiger partial charge is 0.304 e. The molecule has 0 aromatic carbocycles. The summed E-state index contributed by atoms with van der Waals surface area (Å²) in [5.41, 5.74) is 0. The highest BCUT2D eigenvalue weighted by atomic mass is 28.3. The summed E-state index contributed by atoms with van der Waals surface area (Å²) < 4.78 is 10.9. The standard InChI is InChI=1S/C12H24O2Si/c1-3-5-7-9-11-13-15-14-12-10-8-6-4-2/h3-4H,1-2,5-12,15H2. The Bertz CT molecular complexity index is 133. The summed E-state index contributed by atoms with van der Waals surface area (Å²) in [6, 6.07) is 0.